The van der Waals surface area contributed by atoms with Crippen molar-refractivity contribution >= 4 is 21.8 Å². The highest BCUT2D eigenvalue weighted by Gasteiger charge is 2.13. The molecule has 0 fully saturated rings. The number of hydrogen-bond acceptors (Lipinski definition) is 5. The molecule has 25 heavy (non-hydrogen) atoms. The number of nitrogens with zero attached hydrogens (tertiary/aromatic N) is 3. The molecule has 0 bridgehead atoms. The van der Waals surface area contributed by atoms with Crippen molar-refractivity contribution in [2.45, 2.75) is 25.8 Å². The first kappa shape index (κ1) is 17.3. The number of benzene rings is 1. The molecule has 6 nitrogen and oxygen atoms in total. The Morgan fingerprint density at radius 1 is 1.20 bits per heavy atom. The van der Waals surface area contributed by atoms with Gasteiger partial charge in [-0.2, -0.15) is 4.98 Å². The zero-order valence-electron chi connectivity index (χ0n) is 13.6. The molecule has 2 heterocycles. The standard InChI is InChI=1S/C18H17BrN4O2/c1-12(13-2-4-15(19)5-3-13)21-16(24)6-7-17-22-18(23-25-17)14-8-10-20-11-9-14/h2-5,8-12H,6-7H2,1H3,(H,21,24). The van der Waals surface area contributed by atoms with Crippen LogP contribution in [-0.2, 0) is 11.2 Å². The highest BCUT2D eigenvalue weighted by molar-refractivity contribution is 9.10. The number of aromatic nitrogens is 3. The van der Waals surface area contributed by atoms with Crippen molar-refractivity contribution in [2.75, 3.05) is 0 Å². The topological polar surface area (TPSA) is 80.9 Å². The van der Waals surface area contributed by atoms with Crippen molar-refractivity contribution < 1.29 is 9.32 Å². The number of carbonyl (C=O) groups is 1. The molecule has 2 aromatic heterocycles. The molecule has 0 radical (unpaired) electrons. The summed E-state index contributed by atoms with van der Waals surface area (Å²) >= 11 is 3.40. The Morgan fingerprint density at radius 3 is 2.64 bits per heavy atom. The van der Waals surface area contributed by atoms with E-state index in [2.05, 4.69) is 36.4 Å². The molecule has 0 spiro atoms. The lowest BCUT2D eigenvalue weighted by atomic mass is 10.1. The monoisotopic (exact) mass is 400 g/mol. The zero-order valence-corrected chi connectivity index (χ0v) is 15.2. The van der Waals surface area contributed by atoms with Gasteiger partial charge in [-0.15, -0.1) is 0 Å². The maximum absolute atomic E-state index is 12.1. The maximum Gasteiger partial charge on any atom is 0.227 e. The van der Waals surface area contributed by atoms with Gasteiger partial charge in [-0.05, 0) is 36.8 Å². The Labute approximate surface area is 153 Å². The van der Waals surface area contributed by atoms with Crippen LogP contribution < -0.4 is 5.32 Å². The molecule has 1 N–H and O–H groups in total. The van der Waals surface area contributed by atoms with E-state index < -0.39 is 0 Å². The first-order valence-electron chi connectivity index (χ1n) is 7.89. The van der Waals surface area contributed by atoms with Crippen molar-refractivity contribution in [2.24, 2.45) is 0 Å². The van der Waals surface area contributed by atoms with Gasteiger partial charge in [0.1, 0.15) is 0 Å². The molecule has 0 aliphatic rings. The predicted molar refractivity (Wildman–Crippen MR) is 96.5 cm³/mol. The molecule has 0 aliphatic carbocycles. The Bertz CT molecular complexity index is 834. The number of pyridine rings is 1. The minimum Gasteiger partial charge on any atom is -0.350 e. The molecule has 7 heteroatoms. The van der Waals surface area contributed by atoms with Crippen LogP contribution in [0.3, 0.4) is 0 Å². The van der Waals surface area contributed by atoms with E-state index in [0.717, 1.165) is 15.6 Å². The Morgan fingerprint density at radius 2 is 1.92 bits per heavy atom. The van der Waals surface area contributed by atoms with Crippen LogP contribution in [-0.4, -0.2) is 21.0 Å². The minimum atomic E-state index is -0.0596. The number of nitrogens with one attached hydrogen (secondary N) is 1. The van der Waals surface area contributed by atoms with Gasteiger partial charge in [-0.25, -0.2) is 0 Å². The molecule has 128 valence electrons. The van der Waals surface area contributed by atoms with Crippen LogP contribution in [0.5, 0.6) is 0 Å². The molecule has 3 aromatic rings. The molecule has 1 atom stereocenters. The van der Waals surface area contributed by atoms with Gasteiger partial charge < -0.3 is 9.84 Å². The summed E-state index contributed by atoms with van der Waals surface area (Å²) in [5.41, 5.74) is 1.88. The first-order valence-corrected chi connectivity index (χ1v) is 8.69. The summed E-state index contributed by atoms with van der Waals surface area (Å²) in [5, 5.41) is 6.90. The summed E-state index contributed by atoms with van der Waals surface area (Å²) < 4.78 is 6.22. The third-order valence-corrected chi connectivity index (χ3v) is 4.25. The lowest BCUT2D eigenvalue weighted by Gasteiger charge is -2.14. The van der Waals surface area contributed by atoms with Crippen molar-refractivity contribution in [1.29, 1.82) is 0 Å². The highest BCUT2D eigenvalue weighted by atomic mass is 79.9. The fourth-order valence-electron chi connectivity index (χ4n) is 2.34. The van der Waals surface area contributed by atoms with E-state index in [4.69, 9.17) is 4.52 Å². The van der Waals surface area contributed by atoms with Crippen LogP contribution in [0, 0.1) is 0 Å². The van der Waals surface area contributed by atoms with E-state index in [1.165, 1.54) is 0 Å². The minimum absolute atomic E-state index is 0.0564. The molecule has 1 aromatic carbocycles. The molecule has 3 rings (SSSR count). The molecule has 1 unspecified atom stereocenters. The number of rotatable bonds is 6. The van der Waals surface area contributed by atoms with Crippen LogP contribution in [0.15, 0.2) is 57.8 Å². The lowest BCUT2D eigenvalue weighted by molar-refractivity contribution is -0.121. The van der Waals surface area contributed by atoms with E-state index in [9.17, 15) is 4.79 Å². The van der Waals surface area contributed by atoms with Crippen LogP contribution in [0.4, 0.5) is 0 Å². The summed E-state index contributed by atoms with van der Waals surface area (Å²) in [4.78, 5) is 20.4. The lowest BCUT2D eigenvalue weighted by Crippen LogP contribution is -2.26. The van der Waals surface area contributed by atoms with Crippen LogP contribution >= 0.6 is 15.9 Å². The van der Waals surface area contributed by atoms with Crippen molar-refractivity contribution in [3.63, 3.8) is 0 Å². The van der Waals surface area contributed by atoms with Gasteiger partial charge in [0.2, 0.25) is 17.6 Å². The summed E-state index contributed by atoms with van der Waals surface area (Å²) in [6.07, 6.45) is 4.03. The quantitative estimate of drug-likeness (QED) is 0.681. The second kappa shape index (κ2) is 8.02. The van der Waals surface area contributed by atoms with Gasteiger partial charge >= 0.3 is 0 Å². The third kappa shape index (κ3) is 4.73. The van der Waals surface area contributed by atoms with Gasteiger partial charge in [-0.1, -0.05) is 33.2 Å². The number of halogens is 1. The number of carbonyl (C=O) groups excluding carboxylic acids is 1. The molecular weight excluding hydrogens is 384 g/mol. The van der Waals surface area contributed by atoms with E-state index in [1.807, 2.05) is 31.2 Å². The first-order chi connectivity index (χ1) is 12.1. The fourth-order valence-corrected chi connectivity index (χ4v) is 2.61. The van der Waals surface area contributed by atoms with Gasteiger partial charge in [0, 0.05) is 35.3 Å². The molecule has 0 saturated carbocycles. The van der Waals surface area contributed by atoms with Crippen molar-refractivity contribution in [3.05, 3.63) is 64.7 Å². The fraction of sp³-hybridized carbons (Fsp3) is 0.222. The SMILES string of the molecule is CC(NC(=O)CCc1nc(-c2ccncc2)no1)c1ccc(Br)cc1. The van der Waals surface area contributed by atoms with E-state index in [-0.39, 0.29) is 11.9 Å². The smallest absolute Gasteiger partial charge is 0.227 e. The number of amides is 1. The second-order valence-corrected chi connectivity index (χ2v) is 6.50. The molecule has 0 saturated heterocycles. The highest BCUT2D eigenvalue weighted by Crippen LogP contribution is 2.17. The number of hydrogen-bond donors (Lipinski definition) is 1. The Kier molecular flexibility index (Phi) is 5.55. The van der Waals surface area contributed by atoms with Crippen LogP contribution in [0.1, 0.15) is 30.8 Å². The normalized spacial score (nSPS) is 11.9. The summed E-state index contributed by atoms with van der Waals surface area (Å²) in [7, 11) is 0. The zero-order chi connectivity index (χ0) is 17.6. The maximum atomic E-state index is 12.1. The van der Waals surface area contributed by atoms with Crippen LogP contribution in [0.25, 0.3) is 11.4 Å². The average Bonchev–Trinajstić information content (AvgIpc) is 3.10. The predicted octanol–water partition coefficient (Wildman–Crippen LogP) is 3.70. The van der Waals surface area contributed by atoms with E-state index >= 15 is 0 Å². The van der Waals surface area contributed by atoms with Crippen molar-refractivity contribution in [1.82, 2.24) is 20.4 Å². The van der Waals surface area contributed by atoms with E-state index in [0.29, 0.717) is 24.6 Å². The van der Waals surface area contributed by atoms with Crippen LogP contribution in [0.2, 0.25) is 0 Å². The van der Waals surface area contributed by atoms with Gasteiger partial charge in [-0.3, -0.25) is 9.78 Å². The largest absolute Gasteiger partial charge is 0.350 e. The van der Waals surface area contributed by atoms with Gasteiger partial charge in [0.25, 0.3) is 0 Å². The second-order valence-electron chi connectivity index (χ2n) is 5.59. The summed E-state index contributed by atoms with van der Waals surface area (Å²) in [5.74, 6) is 0.887. The third-order valence-electron chi connectivity index (χ3n) is 3.72. The molecule has 1 amide bonds. The Balaban J connectivity index is 1.52. The van der Waals surface area contributed by atoms with Crippen molar-refractivity contribution in [3.8, 4) is 11.4 Å². The van der Waals surface area contributed by atoms with Gasteiger partial charge in [0.15, 0.2) is 0 Å². The number of aryl methyl sites for hydroxylation is 1. The summed E-state index contributed by atoms with van der Waals surface area (Å²) in [6, 6.07) is 11.4. The average molecular weight is 401 g/mol. The van der Waals surface area contributed by atoms with Gasteiger partial charge in [0.05, 0.1) is 6.04 Å². The Hall–Kier alpha value is -2.54. The molecular formula is C18H17BrN4O2. The summed E-state index contributed by atoms with van der Waals surface area (Å²) in [6.45, 7) is 1.95. The molecule has 0 aliphatic heterocycles. The van der Waals surface area contributed by atoms with E-state index in [1.54, 1.807) is 24.5 Å².